The summed E-state index contributed by atoms with van der Waals surface area (Å²) in [5, 5.41) is 3.38. The van der Waals surface area contributed by atoms with Crippen LogP contribution < -0.4 is 14.8 Å². The van der Waals surface area contributed by atoms with Crippen molar-refractivity contribution in [2.75, 3.05) is 19.5 Å². The molecule has 0 aliphatic rings. The van der Waals surface area contributed by atoms with E-state index >= 15 is 0 Å². The molecule has 0 saturated heterocycles. The summed E-state index contributed by atoms with van der Waals surface area (Å²) >= 11 is 5.79. The average Bonchev–Trinajstić information content (AvgIpc) is 2.47. The van der Waals surface area contributed by atoms with Gasteiger partial charge in [0.2, 0.25) is 0 Å². The van der Waals surface area contributed by atoms with Crippen LogP contribution in [0.2, 0.25) is 5.02 Å². The molecule has 0 heterocycles. The summed E-state index contributed by atoms with van der Waals surface area (Å²) in [5.74, 6) is 0.951. The minimum absolute atomic E-state index is 0.214. The van der Waals surface area contributed by atoms with E-state index in [9.17, 15) is 4.79 Å². The molecule has 104 valence electrons. The van der Waals surface area contributed by atoms with Crippen molar-refractivity contribution in [1.29, 1.82) is 0 Å². The summed E-state index contributed by atoms with van der Waals surface area (Å²) in [7, 11) is 3.10. The van der Waals surface area contributed by atoms with E-state index < -0.39 is 0 Å². The van der Waals surface area contributed by atoms with E-state index in [4.69, 9.17) is 21.1 Å². The first-order valence-electron chi connectivity index (χ1n) is 5.93. The lowest BCUT2D eigenvalue weighted by molar-refractivity contribution is 0.102. The summed E-state index contributed by atoms with van der Waals surface area (Å²) < 4.78 is 10.3. The molecule has 5 heteroatoms. The van der Waals surface area contributed by atoms with Crippen LogP contribution in [-0.4, -0.2) is 20.1 Å². The van der Waals surface area contributed by atoms with Gasteiger partial charge in [0.25, 0.3) is 5.91 Å². The lowest BCUT2D eigenvalue weighted by Crippen LogP contribution is -2.11. The van der Waals surface area contributed by atoms with Crippen molar-refractivity contribution in [2.45, 2.75) is 0 Å². The molecule has 0 aliphatic heterocycles. The van der Waals surface area contributed by atoms with Gasteiger partial charge in [0.1, 0.15) is 0 Å². The van der Waals surface area contributed by atoms with Gasteiger partial charge in [-0.1, -0.05) is 11.6 Å². The van der Waals surface area contributed by atoms with Gasteiger partial charge < -0.3 is 14.8 Å². The average molecular weight is 292 g/mol. The first-order valence-corrected chi connectivity index (χ1v) is 6.31. The van der Waals surface area contributed by atoms with Crippen LogP contribution in [-0.2, 0) is 0 Å². The standard InChI is InChI=1S/C15H14ClNO3/c1-19-13-8-7-12(9-14(13)20-2)17-15(18)10-3-5-11(16)6-4-10/h3-9H,1-2H3,(H,17,18). The fourth-order valence-corrected chi connectivity index (χ4v) is 1.84. The minimum atomic E-state index is -0.214. The smallest absolute Gasteiger partial charge is 0.255 e. The van der Waals surface area contributed by atoms with Crippen LogP contribution in [0.5, 0.6) is 11.5 Å². The van der Waals surface area contributed by atoms with Crippen molar-refractivity contribution in [3.8, 4) is 11.5 Å². The zero-order chi connectivity index (χ0) is 14.5. The van der Waals surface area contributed by atoms with Crippen LogP contribution in [0, 0.1) is 0 Å². The molecule has 0 fully saturated rings. The predicted molar refractivity (Wildman–Crippen MR) is 79.0 cm³/mol. The van der Waals surface area contributed by atoms with E-state index in [1.807, 2.05) is 0 Å². The Morgan fingerprint density at radius 1 is 1.00 bits per heavy atom. The number of anilines is 1. The van der Waals surface area contributed by atoms with E-state index in [-0.39, 0.29) is 5.91 Å². The van der Waals surface area contributed by atoms with Crippen LogP contribution in [0.15, 0.2) is 42.5 Å². The van der Waals surface area contributed by atoms with Gasteiger partial charge in [0.15, 0.2) is 11.5 Å². The maximum Gasteiger partial charge on any atom is 0.255 e. The maximum atomic E-state index is 12.1. The largest absolute Gasteiger partial charge is 0.493 e. The summed E-state index contributed by atoms with van der Waals surface area (Å²) in [6.45, 7) is 0. The van der Waals surface area contributed by atoms with Gasteiger partial charge in [-0.05, 0) is 36.4 Å². The number of hydrogen-bond acceptors (Lipinski definition) is 3. The molecule has 0 spiro atoms. The quantitative estimate of drug-likeness (QED) is 0.936. The predicted octanol–water partition coefficient (Wildman–Crippen LogP) is 3.61. The third-order valence-corrected chi connectivity index (χ3v) is 3.00. The van der Waals surface area contributed by atoms with Gasteiger partial charge in [0, 0.05) is 22.3 Å². The summed E-state index contributed by atoms with van der Waals surface area (Å²) in [6.07, 6.45) is 0. The van der Waals surface area contributed by atoms with Gasteiger partial charge in [0.05, 0.1) is 14.2 Å². The lowest BCUT2D eigenvalue weighted by Gasteiger charge is -2.10. The van der Waals surface area contributed by atoms with Crippen LogP contribution in [0.25, 0.3) is 0 Å². The SMILES string of the molecule is COc1ccc(NC(=O)c2ccc(Cl)cc2)cc1OC. The van der Waals surface area contributed by atoms with Crippen molar-refractivity contribution in [3.05, 3.63) is 53.1 Å². The van der Waals surface area contributed by atoms with Crippen molar-refractivity contribution >= 4 is 23.2 Å². The first-order chi connectivity index (χ1) is 9.63. The third kappa shape index (κ3) is 3.22. The molecule has 2 rings (SSSR count). The first kappa shape index (κ1) is 14.2. The number of halogens is 1. The molecule has 2 aromatic rings. The second-order valence-electron chi connectivity index (χ2n) is 4.03. The number of rotatable bonds is 4. The number of amides is 1. The second kappa shape index (κ2) is 6.30. The molecule has 1 amide bonds. The number of ether oxygens (including phenoxy) is 2. The third-order valence-electron chi connectivity index (χ3n) is 2.75. The molecule has 0 aliphatic carbocycles. The fourth-order valence-electron chi connectivity index (χ4n) is 1.72. The van der Waals surface area contributed by atoms with Crippen molar-refractivity contribution in [3.63, 3.8) is 0 Å². The summed E-state index contributed by atoms with van der Waals surface area (Å²) in [4.78, 5) is 12.1. The van der Waals surface area contributed by atoms with Crippen LogP contribution >= 0.6 is 11.6 Å². The number of hydrogen-bond donors (Lipinski definition) is 1. The zero-order valence-electron chi connectivity index (χ0n) is 11.1. The number of methoxy groups -OCH3 is 2. The molecule has 0 saturated carbocycles. The molecule has 20 heavy (non-hydrogen) atoms. The van der Waals surface area contributed by atoms with Gasteiger partial charge >= 0.3 is 0 Å². The maximum absolute atomic E-state index is 12.1. The Hall–Kier alpha value is -2.20. The number of carbonyl (C=O) groups is 1. The van der Waals surface area contributed by atoms with Crippen LogP contribution in [0.3, 0.4) is 0 Å². The van der Waals surface area contributed by atoms with E-state index in [2.05, 4.69) is 5.32 Å². The van der Waals surface area contributed by atoms with Crippen molar-refractivity contribution in [1.82, 2.24) is 0 Å². The number of benzene rings is 2. The molecule has 0 aromatic heterocycles. The fraction of sp³-hybridized carbons (Fsp3) is 0.133. The van der Waals surface area contributed by atoms with E-state index in [0.29, 0.717) is 27.8 Å². The minimum Gasteiger partial charge on any atom is -0.493 e. The van der Waals surface area contributed by atoms with Crippen molar-refractivity contribution in [2.24, 2.45) is 0 Å². The zero-order valence-corrected chi connectivity index (χ0v) is 11.9. The molecular weight excluding hydrogens is 278 g/mol. The van der Waals surface area contributed by atoms with Crippen LogP contribution in [0.1, 0.15) is 10.4 Å². The molecular formula is C15H14ClNO3. The summed E-state index contributed by atoms with van der Waals surface area (Å²) in [5.41, 5.74) is 1.16. The molecule has 4 nitrogen and oxygen atoms in total. The van der Waals surface area contributed by atoms with E-state index in [1.165, 1.54) is 0 Å². The normalized spacial score (nSPS) is 9.95. The second-order valence-corrected chi connectivity index (χ2v) is 4.47. The Kier molecular flexibility index (Phi) is 4.48. The summed E-state index contributed by atoms with van der Waals surface area (Å²) in [6, 6.07) is 11.9. The number of nitrogens with one attached hydrogen (secondary N) is 1. The van der Waals surface area contributed by atoms with Crippen LogP contribution in [0.4, 0.5) is 5.69 Å². The molecule has 2 aromatic carbocycles. The van der Waals surface area contributed by atoms with E-state index in [0.717, 1.165) is 0 Å². The highest BCUT2D eigenvalue weighted by atomic mass is 35.5. The molecule has 0 atom stereocenters. The van der Waals surface area contributed by atoms with E-state index in [1.54, 1.807) is 56.7 Å². The monoisotopic (exact) mass is 291 g/mol. The molecule has 0 unspecified atom stereocenters. The Balaban J connectivity index is 2.17. The highest BCUT2D eigenvalue weighted by Gasteiger charge is 2.09. The Morgan fingerprint density at radius 3 is 2.25 bits per heavy atom. The number of carbonyl (C=O) groups excluding carboxylic acids is 1. The Morgan fingerprint density at radius 2 is 1.65 bits per heavy atom. The lowest BCUT2D eigenvalue weighted by atomic mass is 10.2. The topological polar surface area (TPSA) is 47.6 Å². The Bertz CT molecular complexity index is 611. The van der Waals surface area contributed by atoms with Gasteiger partial charge in [-0.15, -0.1) is 0 Å². The highest BCUT2D eigenvalue weighted by molar-refractivity contribution is 6.30. The molecule has 1 N–H and O–H groups in total. The molecule has 0 bridgehead atoms. The molecule has 0 radical (unpaired) electrons. The highest BCUT2D eigenvalue weighted by Crippen LogP contribution is 2.29. The van der Waals surface area contributed by atoms with Gasteiger partial charge in [-0.2, -0.15) is 0 Å². The van der Waals surface area contributed by atoms with Gasteiger partial charge in [-0.25, -0.2) is 0 Å². The van der Waals surface area contributed by atoms with Crippen molar-refractivity contribution < 1.29 is 14.3 Å². The Labute approximate surface area is 122 Å². The van der Waals surface area contributed by atoms with Gasteiger partial charge in [-0.3, -0.25) is 4.79 Å².